The van der Waals surface area contributed by atoms with E-state index in [1.165, 1.54) is 5.56 Å². The first-order chi connectivity index (χ1) is 13.5. The number of rotatable bonds is 8. The molecule has 0 unspecified atom stereocenters. The Hall–Kier alpha value is -2.66. The minimum Gasteiger partial charge on any atom is -0.454 e. The second kappa shape index (κ2) is 9.02. The molecule has 2 aromatic heterocycles. The fraction of sp³-hybridized carbons (Fsp3) is 0.391. The molecule has 1 N–H and O–H groups in total. The van der Waals surface area contributed by atoms with Crippen LogP contribution in [0.2, 0.25) is 0 Å². The van der Waals surface area contributed by atoms with Crippen LogP contribution in [0.25, 0.3) is 10.9 Å². The maximum absolute atomic E-state index is 12.9. The van der Waals surface area contributed by atoms with Crippen LogP contribution in [-0.2, 0) is 11.2 Å². The summed E-state index contributed by atoms with van der Waals surface area (Å²) in [4.78, 5) is 22.7. The van der Waals surface area contributed by atoms with E-state index < -0.39 is 0 Å². The molecule has 5 nitrogen and oxygen atoms in total. The first kappa shape index (κ1) is 20.1. The van der Waals surface area contributed by atoms with Crippen LogP contribution < -0.4 is 0 Å². The summed E-state index contributed by atoms with van der Waals surface area (Å²) in [6, 6.07) is 10.0. The van der Waals surface area contributed by atoms with Gasteiger partial charge in [-0.15, -0.1) is 0 Å². The van der Waals surface area contributed by atoms with Gasteiger partial charge in [0, 0.05) is 35.5 Å². The Morgan fingerprint density at radius 1 is 1.18 bits per heavy atom. The number of hydrogen-bond donors (Lipinski definition) is 1. The highest BCUT2D eigenvalue weighted by atomic mass is 16.5. The molecule has 0 saturated carbocycles. The van der Waals surface area contributed by atoms with E-state index in [-0.39, 0.29) is 12.1 Å². The lowest BCUT2D eigenvalue weighted by molar-refractivity contribution is 0.0339. The monoisotopic (exact) mass is 379 g/mol. The normalized spacial score (nSPS) is 12.5. The largest absolute Gasteiger partial charge is 0.454 e. The van der Waals surface area contributed by atoms with Crippen molar-refractivity contribution in [2.24, 2.45) is 0 Å². The molecule has 0 aliphatic rings. The van der Waals surface area contributed by atoms with Gasteiger partial charge in [-0.05, 0) is 68.8 Å². The number of carbonyl (C=O) groups is 1. The number of fused-ring (bicyclic) bond motifs is 1. The summed E-state index contributed by atoms with van der Waals surface area (Å²) in [5.41, 5.74) is 4.59. The fourth-order valence-electron chi connectivity index (χ4n) is 3.54. The second-order valence-electron chi connectivity index (χ2n) is 7.11. The number of benzene rings is 1. The highest BCUT2D eigenvalue weighted by Crippen LogP contribution is 2.27. The molecule has 1 aromatic carbocycles. The van der Waals surface area contributed by atoms with Crippen molar-refractivity contribution < 1.29 is 9.53 Å². The van der Waals surface area contributed by atoms with Crippen LogP contribution in [-0.4, -0.2) is 40.5 Å². The van der Waals surface area contributed by atoms with Gasteiger partial charge in [0.25, 0.3) is 0 Å². The lowest BCUT2D eigenvalue weighted by atomic mass is 10.1. The molecular weight excluding hydrogens is 350 g/mol. The lowest BCUT2D eigenvalue weighted by Crippen LogP contribution is -2.25. The van der Waals surface area contributed by atoms with E-state index in [0.717, 1.165) is 48.2 Å². The SMILES string of the molecule is CCN(CC)CCc1ccc2[nH]c(C)c(C(=O)O[C@@H](C)c3ccncc3)c2c1. The Kier molecular flexibility index (Phi) is 6.47. The van der Waals surface area contributed by atoms with Gasteiger partial charge in [-0.1, -0.05) is 19.9 Å². The van der Waals surface area contributed by atoms with Gasteiger partial charge in [-0.25, -0.2) is 4.79 Å². The molecule has 3 rings (SSSR count). The molecule has 5 heteroatoms. The van der Waals surface area contributed by atoms with Crippen LogP contribution in [0.1, 0.15) is 54.1 Å². The van der Waals surface area contributed by atoms with Gasteiger partial charge in [0.15, 0.2) is 0 Å². The van der Waals surface area contributed by atoms with Crippen molar-refractivity contribution in [3.05, 3.63) is 65.1 Å². The molecule has 1 atom stereocenters. The standard InChI is InChI=1S/C23H29N3O2/c1-5-26(6-2)14-11-18-7-8-21-20(15-18)22(16(3)25-21)23(27)28-17(4)19-9-12-24-13-10-19/h7-10,12-13,15,17,25H,5-6,11,14H2,1-4H3/t17-/m0/s1. The number of nitrogens with one attached hydrogen (secondary N) is 1. The van der Waals surface area contributed by atoms with Crippen molar-refractivity contribution in [1.29, 1.82) is 0 Å². The highest BCUT2D eigenvalue weighted by Gasteiger charge is 2.20. The van der Waals surface area contributed by atoms with Crippen LogP contribution in [0, 0.1) is 6.92 Å². The Bertz CT molecular complexity index is 930. The number of nitrogens with zero attached hydrogens (tertiary/aromatic N) is 2. The minimum atomic E-state index is -0.328. The quantitative estimate of drug-likeness (QED) is 0.578. The van der Waals surface area contributed by atoms with Crippen molar-refractivity contribution in [3.63, 3.8) is 0 Å². The predicted molar refractivity (Wildman–Crippen MR) is 113 cm³/mol. The Morgan fingerprint density at radius 2 is 1.89 bits per heavy atom. The van der Waals surface area contributed by atoms with Crippen LogP contribution in [0.3, 0.4) is 0 Å². The summed E-state index contributed by atoms with van der Waals surface area (Å²) in [5, 5.41) is 0.932. The zero-order valence-corrected chi connectivity index (χ0v) is 17.2. The number of hydrogen-bond acceptors (Lipinski definition) is 4. The summed E-state index contributed by atoms with van der Waals surface area (Å²) in [6.45, 7) is 11.3. The molecule has 0 amide bonds. The van der Waals surface area contributed by atoms with Gasteiger partial charge in [0.05, 0.1) is 5.56 Å². The fourth-order valence-corrected chi connectivity index (χ4v) is 3.54. The molecular formula is C23H29N3O2. The third-order valence-electron chi connectivity index (χ3n) is 5.33. The van der Waals surface area contributed by atoms with Crippen molar-refractivity contribution in [1.82, 2.24) is 14.9 Å². The van der Waals surface area contributed by atoms with Crippen LogP contribution in [0.15, 0.2) is 42.7 Å². The van der Waals surface area contributed by atoms with Gasteiger partial charge >= 0.3 is 5.97 Å². The Balaban J connectivity index is 1.82. The molecule has 0 spiro atoms. The van der Waals surface area contributed by atoms with Gasteiger partial charge < -0.3 is 14.6 Å². The van der Waals surface area contributed by atoms with E-state index in [1.807, 2.05) is 26.0 Å². The van der Waals surface area contributed by atoms with Crippen LogP contribution in [0.4, 0.5) is 0 Å². The van der Waals surface area contributed by atoms with E-state index in [1.54, 1.807) is 12.4 Å². The van der Waals surface area contributed by atoms with Crippen LogP contribution >= 0.6 is 0 Å². The van der Waals surface area contributed by atoms with Crippen molar-refractivity contribution in [2.45, 2.75) is 40.2 Å². The smallest absolute Gasteiger partial charge is 0.341 e. The number of H-pyrrole nitrogens is 1. The van der Waals surface area contributed by atoms with E-state index in [2.05, 4.69) is 46.9 Å². The number of aromatic nitrogens is 2. The third kappa shape index (κ3) is 4.42. The number of likely N-dealkylation sites (N-methyl/N-ethyl adjacent to an activating group) is 1. The van der Waals surface area contributed by atoms with E-state index in [9.17, 15) is 4.79 Å². The zero-order valence-electron chi connectivity index (χ0n) is 17.2. The highest BCUT2D eigenvalue weighted by molar-refractivity contribution is 6.05. The number of pyridine rings is 1. The first-order valence-electron chi connectivity index (χ1n) is 9.97. The molecule has 28 heavy (non-hydrogen) atoms. The topological polar surface area (TPSA) is 58.2 Å². The van der Waals surface area contributed by atoms with E-state index in [0.29, 0.717) is 5.56 Å². The molecule has 0 radical (unpaired) electrons. The third-order valence-corrected chi connectivity index (χ3v) is 5.33. The average Bonchev–Trinajstić information content (AvgIpc) is 3.04. The minimum absolute atomic E-state index is 0.297. The molecule has 0 aliphatic carbocycles. The number of aromatic amines is 1. The van der Waals surface area contributed by atoms with Crippen molar-refractivity contribution >= 4 is 16.9 Å². The number of ether oxygens (including phenoxy) is 1. The molecule has 148 valence electrons. The molecule has 2 heterocycles. The average molecular weight is 380 g/mol. The number of esters is 1. The molecule has 0 fully saturated rings. The predicted octanol–water partition coefficient (Wildman–Crippen LogP) is 4.67. The van der Waals surface area contributed by atoms with Crippen molar-refractivity contribution in [3.8, 4) is 0 Å². The first-order valence-corrected chi connectivity index (χ1v) is 9.97. The molecule has 0 saturated heterocycles. The zero-order chi connectivity index (χ0) is 20.1. The van der Waals surface area contributed by atoms with E-state index in [4.69, 9.17) is 4.74 Å². The van der Waals surface area contributed by atoms with Gasteiger partial charge in [0.2, 0.25) is 0 Å². The Morgan fingerprint density at radius 3 is 2.57 bits per heavy atom. The lowest BCUT2D eigenvalue weighted by Gasteiger charge is -2.17. The summed E-state index contributed by atoms with van der Waals surface area (Å²) >= 11 is 0. The maximum Gasteiger partial charge on any atom is 0.341 e. The molecule has 0 aliphatic heterocycles. The van der Waals surface area contributed by atoms with Gasteiger partial charge in [-0.3, -0.25) is 4.98 Å². The maximum atomic E-state index is 12.9. The summed E-state index contributed by atoms with van der Waals surface area (Å²) in [5.74, 6) is -0.297. The van der Waals surface area contributed by atoms with E-state index >= 15 is 0 Å². The summed E-state index contributed by atoms with van der Waals surface area (Å²) in [7, 11) is 0. The second-order valence-corrected chi connectivity index (χ2v) is 7.11. The summed E-state index contributed by atoms with van der Waals surface area (Å²) in [6.07, 6.45) is 4.05. The molecule has 3 aromatic rings. The summed E-state index contributed by atoms with van der Waals surface area (Å²) < 4.78 is 5.75. The number of carbonyl (C=O) groups excluding carboxylic acids is 1. The molecule has 0 bridgehead atoms. The number of aryl methyl sites for hydroxylation is 1. The van der Waals surface area contributed by atoms with Crippen LogP contribution in [0.5, 0.6) is 0 Å². The Labute approximate surface area is 166 Å². The van der Waals surface area contributed by atoms with Crippen molar-refractivity contribution in [2.75, 3.05) is 19.6 Å². The van der Waals surface area contributed by atoms with Gasteiger partial charge in [-0.2, -0.15) is 0 Å². The van der Waals surface area contributed by atoms with Gasteiger partial charge in [0.1, 0.15) is 6.10 Å².